The highest BCUT2D eigenvalue weighted by Crippen LogP contribution is 2.47. The summed E-state index contributed by atoms with van der Waals surface area (Å²) in [5, 5.41) is 1.77. The van der Waals surface area contributed by atoms with Crippen molar-refractivity contribution in [3.63, 3.8) is 0 Å². The summed E-state index contributed by atoms with van der Waals surface area (Å²) >= 11 is 7.93. The topological polar surface area (TPSA) is 66.4 Å². The maximum atomic E-state index is 14.0. The van der Waals surface area contributed by atoms with Crippen molar-refractivity contribution in [2.75, 3.05) is 4.90 Å². The van der Waals surface area contributed by atoms with Crippen LogP contribution in [0, 0.1) is 0 Å². The summed E-state index contributed by atoms with van der Waals surface area (Å²) in [6, 6.07) is 18.2. The lowest BCUT2D eigenvalue weighted by Crippen LogP contribution is -2.61. The Morgan fingerprint density at radius 2 is 1.69 bits per heavy atom. The molecule has 0 spiro atoms. The zero-order valence-electron chi connectivity index (χ0n) is 18.4. The molecule has 2 unspecified atom stereocenters. The van der Waals surface area contributed by atoms with E-state index in [1.54, 1.807) is 29.7 Å². The number of halogens is 1. The summed E-state index contributed by atoms with van der Waals surface area (Å²) in [4.78, 5) is 40.2. The van der Waals surface area contributed by atoms with Crippen molar-refractivity contribution in [1.82, 2.24) is 14.9 Å². The summed E-state index contributed by atoms with van der Waals surface area (Å²) in [7, 11) is 0. The Labute approximate surface area is 211 Å². The van der Waals surface area contributed by atoms with Gasteiger partial charge in [0.25, 0.3) is 5.91 Å². The van der Waals surface area contributed by atoms with Gasteiger partial charge in [-0.2, -0.15) is 0 Å². The van der Waals surface area contributed by atoms with E-state index in [1.165, 1.54) is 16.7 Å². The number of imide groups is 1. The van der Waals surface area contributed by atoms with Crippen LogP contribution >= 0.6 is 23.4 Å². The molecule has 2 aromatic carbocycles. The molecule has 0 aliphatic carbocycles. The maximum absolute atomic E-state index is 14.0. The van der Waals surface area contributed by atoms with E-state index in [1.807, 2.05) is 66.7 Å². The van der Waals surface area contributed by atoms with E-state index in [4.69, 9.17) is 11.6 Å². The van der Waals surface area contributed by atoms with E-state index in [0.29, 0.717) is 17.3 Å². The lowest BCUT2D eigenvalue weighted by molar-refractivity contribution is -0.119. The second-order valence-corrected chi connectivity index (χ2v) is 9.95. The van der Waals surface area contributed by atoms with Crippen molar-refractivity contribution in [3.05, 3.63) is 108 Å². The van der Waals surface area contributed by atoms with Crippen molar-refractivity contribution in [1.29, 1.82) is 0 Å². The Kier molecular flexibility index (Phi) is 5.51. The molecule has 2 aliphatic heterocycles. The molecule has 0 N–H and O–H groups in total. The number of hydrogen-bond acceptors (Lipinski definition) is 5. The van der Waals surface area contributed by atoms with Gasteiger partial charge in [-0.25, -0.2) is 9.69 Å². The minimum absolute atomic E-state index is 0.257. The molecule has 172 valence electrons. The molecule has 1 saturated heterocycles. The number of pyridine rings is 2. The Morgan fingerprint density at radius 1 is 0.914 bits per heavy atom. The number of fused-ring (bicyclic) bond motifs is 2. The van der Waals surface area contributed by atoms with Crippen LogP contribution in [0.1, 0.15) is 11.1 Å². The molecule has 2 aromatic heterocycles. The molecule has 2 atom stereocenters. The van der Waals surface area contributed by atoms with Crippen LogP contribution in [-0.2, 0) is 11.3 Å². The molecule has 6 nitrogen and oxygen atoms in total. The number of carbonyl (C=O) groups is 2. The minimum Gasteiger partial charge on any atom is -0.311 e. The highest BCUT2D eigenvalue weighted by atomic mass is 35.5. The molecule has 0 bridgehead atoms. The first-order valence-corrected chi connectivity index (χ1v) is 12.4. The van der Waals surface area contributed by atoms with Crippen LogP contribution in [0.5, 0.6) is 0 Å². The van der Waals surface area contributed by atoms with Crippen LogP contribution in [-0.4, -0.2) is 38.1 Å². The number of anilines is 1. The first-order chi connectivity index (χ1) is 17.1. The van der Waals surface area contributed by atoms with E-state index in [2.05, 4.69) is 9.97 Å². The van der Waals surface area contributed by atoms with Gasteiger partial charge in [0.15, 0.2) is 0 Å². The van der Waals surface area contributed by atoms with Gasteiger partial charge in [-0.15, -0.1) is 11.8 Å². The third kappa shape index (κ3) is 3.77. The summed E-state index contributed by atoms with van der Waals surface area (Å²) in [6.45, 7) is 0.345. The van der Waals surface area contributed by atoms with E-state index < -0.39 is 11.3 Å². The van der Waals surface area contributed by atoms with Crippen LogP contribution in [0.4, 0.5) is 10.5 Å². The minimum atomic E-state index is -0.500. The van der Waals surface area contributed by atoms with Gasteiger partial charge in [0.2, 0.25) is 0 Å². The molecule has 35 heavy (non-hydrogen) atoms. The third-order valence-corrected chi connectivity index (χ3v) is 7.95. The number of rotatable bonds is 4. The normalized spacial score (nSPS) is 19.7. The second kappa shape index (κ2) is 8.83. The molecule has 0 radical (unpaired) electrons. The lowest BCUT2D eigenvalue weighted by Gasteiger charge is -2.41. The number of hydrogen-bond donors (Lipinski definition) is 0. The predicted octanol–water partition coefficient (Wildman–Crippen LogP) is 5.78. The van der Waals surface area contributed by atoms with E-state index in [9.17, 15) is 9.59 Å². The van der Waals surface area contributed by atoms with Crippen LogP contribution in [0.15, 0.2) is 91.5 Å². The van der Waals surface area contributed by atoms with E-state index >= 15 is 0 Å². The molecular formula is C27H19ClN4O2S. The molecule has 0 saturated carbocycles. The Morgan fingerprint density at radius 3 is 2.51 bits per heavy atom. The summed E-state index contributed by atoms with van der Waals surface area (Å²) < 4.78 is 0. The Bertz CT molecular complexity index is 1490. The fraction of sp³-hybridized carbons (Fsp3) is 0.111. The van der Waals surface area contributed by atoms with Crippen molar-refractivity contribution in [3.8, 4) is 0 Å². The van der Waals surface area contributed by atoms with Crippen molar-refractivity contribution in [2.45, 2.75) is 17.8 Å². The number of amides is 3. The maximum Gasteiger partial charge on any atom is 0.332 e. The van der Waals surface area contributed by atoms with Gasteiger partial charge >= 0.3 is 6.03 Å². The first kappa shape index (κ1) is 21.8. The quantitative estimate of drug-likeness (QED) is 0.357. The van der Waals surface area contributed by atoms with Gasteiger partial charge in [0, 0.05) is 51.4 Å². The van der Waals surface area contributed by atoms with Crippen molar-refractivity contribution < 1.29 is 9.59 Å². The molecule has 4 aromatic rings. The molecule has 1 fully saturated rings. The fourth-order valence-corrected chi connectivity index (χ4v) is 6.25. The van der Waals surface area contributed by atoms with Gasteiger partial charge in [-0.1, -0.05) is 54.1 Å². The predicted molar refractivity (Wildman–Crippen MR) is 139 cm³/mol. The third-order valence-electron chi connectivity index (χ3n) is 6.28. The zero-order valence-corrected chi connectivity index (χ0v) is 20.0. The number of carbonyl (C=O) groups excluding carboxylic acids is 2. The van der Waals surface area contributed by atoms with E-state index in [-0.39, 0.29) is 11.9 Å². The number of nitrogens with zero attached hydrogens (tertiary/aromatic N) is 4. The van der Waals surface area contributed by atoms with E-state index in [0.717, 1.165) is 26.8 Å². The summed E-state index contributed by atoms with van der Waals surface area (Å²) in [5.41, 5.74) is 2.28. The molecule has 4 heterocycles. The summed E-state index contributed by atoms with van der Waals surface area (Å²) in [5.74, 6) is -0.257. The standard InChI is InChI=1S/C27H19ClN4O2S/c28-21-8-4-3-7-20(21)24-13-22-25(35-24)26(33)32(23-15-30-14-18-5-1-2-6-19(18)23)27(34)31(22)16-17-9-11-29-12-10-17/h1-15,22,25H,16H2. The highest BCUT2D eigenvalue weighted by molar-refractivity contribution is 8.09. The Balaban J connectivity index is 1.46. The first-order valence-electron chi connectivity index (χ1n) is 11.1. The van der Waals surface area contributed by atoms with Crippen LogP contribution < -0.4 is 4.90 Å². The van der Waals surface area contributed by atoms with Crippen LogP contribution in [0.3, 0.4) is 0 Å². The Hall–Kier alpha value is -3.68. The molecule has 2 aliphatic rings. The monoisotopic (exact) mass is 498 g/mol. The zero-order chi connectivity index (χ0) is 23.9. The SMILES string of the molecule is O=C1C2SC(c3ccccc3Cl)=CC2N(Cc2ccncc2)C(=O)N1c1cncc2ccccc12. The second-order valence-electron chi connectivity index (χ2n) is 8.36. The smallest absolute Gasteiger partial charge is 0.311 e. The van der Waals surface area contributed by atoms with Crippen molar-refractivity contribution >= 4 is 56.7 Å². The largest absolute Gasteiger partial charge is 0.332 e. The fourth-order valence-electron chi connectivity index (χ4n) is 4.59. The van der Waals surface area contributed by atoms with Crippen LogP contribution in [0.2, 0.25) is 5.02 Å². The molecular weight excluding hydrogens is 480 g/mol. The van der Waals surface area contributed by atoms with Gasteiger partial charge < -0.3 is 4.90 Å². The number of thioether (sulfide) groups is 1. The van der Waals surface area contributed by atoms with Crippen LogP contribution in [0.25, 0.3) is 15.7 Å². The summed E-state index contributed by atoms with van der Waals surface area (Å²) in [6.07, 6.45) is 8.72. The van der Waals surface area contributed by atoms with Gasteiger partial charge in [-0.3, -0.25) is 14.8 Å². The number of aromatic nitrogens is 2. The van der Waals surface area contributed by atoms with Gasteiger partial charge in [0.1, 0.15) is 5.25 Å². The highest BCUT2D eigenvalue weighted by Gasteiger charge is 2.50. The molecule has 6 rings (SSSR count). The van der Waals surface area contributed by atoms with Gasteiger partial charge in [-0.05, 0) is 29.8 Å². The average Bonchev–Trinajstić information content (AvgIpc) is 3.33. The van der Waals surface area contributed by atoms with Crippen molar-refractivity contribution in [2.24, 2.45) is 0 Å². The average molecular weight is 499 g/mol. The number of benzene rings is 2. The number of urea groups is 1. The lowest BCUT2D eigenvalue weighted by atomic mass is 10.0. The van der Waals surface area contributed by atoms with Gasteiger partial charge in [0.05, 0.1) is 17.9 Å². The molecule has 3 amide bonds. The molecule has 8 heteroatoms.